The van der Waals surface area contributed by atoms with Crippen LogP contribution in [0, 0.1) is 0 Å². The minimum Gasteiger partial charge on any atom is -0.392 e. The van der Waals surface area contributed by atoms with Crippen molar-refractivity contribution in [2.24, 2.45) is 0 Å². The second-order valence-electron chi connectivity index (χ2n) is 4.50. The van der Waals surface area contributed by atoms with Gasteiger partial charge in [-0.15, -0.1) is 0 Å². The summed E-state index contributed by atoms with van der Waals surface area (Å²) in [6.07, 6.45) is 3.49. The molecular formula is C13H17N3O2. The zero-order chi connectivity index (χ0) is 13.1. The summed E-state index contributed by atoms with van der Waals surface area (Å²) < 4.78 is 1.89. The van der Waals surface area contributed by atoms with Crippen LogP contribution in [0.1, 0.15) is 12.6 Å². The first-order valence-electron chi connectivity index (χ1n) is 5.91. The highest BCUT2D eigenvalue weighted by molar-refractivity contribution is 5.78. The number of aliphatic hydroxyl groups excluding tert-OH is 1. The van der Waals surface area contributed by atoms with E-state index < -0.39 is 6.10 Å². The lowest BCUT2D eigenvalue weighted by Gasteiger charge is -2.18. The molecule has 0 aliphatic carbocycles. The van der Waals surface area contributed by atoms with Gasteiger partial charge in [0, 0.05) is 26.0 Å². The van der Waals surface area contributed by atoms with E-state index in [1.165, 1.54) is 4.90 Å². The Hall–Kier alpha value is -1.88. The SMILES string of the molecule is CC(O)CN(C)C(=O)Cc1cn2ccccc2n1. The maximum absolute atomic E-state index is 11.9. The zero-order valence-corrected chi connectivity index (χ0v) is 10.6. The minimum atomic E-state index is -0.514. The second-order valence-corrected chi connectivity index (χ2v) is 4.50. The van der Waals surface area contributed by atoms with Crippen LogP contribution < -0.4 is 0 Å². The van der Waals surface area contributed by atoms with E-state index in [-0.39, 0.29) is 12.3 Å². The molecule has 1 unspecified atom stereocenters. The number of aromatic nitrogens is 2. The van der Waals surface area contributed by atoms with E-state index in [0.29, 0.717) is 6.54 Å². The number of hydrogen-bond donors (Lipinski definition) is 1. The van der Waals surface area contributed by atoms with Crippen LogP contribution in [0.4, 0.5) is 0 Å². The van der Waals surface area contributed by atoms with Crippen LogP contribution in [0.2, 0.25) is 0 Å². The number of hydrogen-bond acceptors (Lipinski definition) is 3. The standard InChI is InChI=1S/C13H17N3O2/c1-10(17)8-15(2)13(18)7-11-9-16-6-4-3-5-12(16)14-11/h3-6,9-10,17H,7-8H2,1-2H3. The third-order valence-electron chi connectivity index (χ3n) is 2.71. The molecular weight excluding hydrogens is 230 g/mol. The van der Waals surface area contributed by atoms with Crippen LogP contribution in [-0.4, -0.2) is 45.0 Å². The average Bonchev–Trinajstić information content (AvgIpc) is 2.69. The van der Waals surface area contributed by atoms with Crippen molar-refractivity contribution in [1.29, 1.82) is 0 Å². The van der Waals surface area contributed by atoms with Crippen LogP contribution in [-0.2, 0) is 11.2 Å². The lowest BCUT2D eigenvalue weighted by molar-refractivity contribution is -0.130. The van der Waals surface area contributed by atoms with Crippen molar-refractivity contribution in [2.75, 3.05) is 13.6 Å². The molecule has 0 saturated carbocycles. The van der Waals surface area contributed by atoms with Crippen LogP contribution in [0.15, 0.2) is 30.6 Å². The Morgan fingerprint density at radius 1 is 1.56 bits per heavy atom. The molecule has 0 radical (unpaired) electrons. The summed E-state index contributed by atoms with van der Waals surface area (Å²) in [4.78, 5) is 17.8. The number of rotatable bonds is 4. The van der Waals surface area contributed by atoms with Gasteiger partial charge < -0.3 is 14.4 Å². The van der Waals surface area contributed by atoms with Crippen LogP contribution >= 0.6 is 0 Å². The molecule has 96 valence electrons. The zero-order valence-electron chi connectivity index (χ0n) is 10.6. The summed E-state index contributed by atoms with van der Waals surface area (Å²) in [5, 5.41) is 9.24. The first-order chi connectivity index (χ1) is 8.56. The average molecular weight is 247 g/mol. The van der Waals surface area contributed by atoms with Gasteiger partial charge in [-0.25, -0.2) is 4.98 Å². The fraction of sp³-hybridized carbons (Fsp3) is 0.385. The molecule has 2 rings (SSSR count). The first-order valence-corrected chi connectivity index (χ1v) is 5.91. The molecule has 0 spiro atoms. The van der Waals surface area contributed by atoms with Crippen molar-refractivity contribution in [1.82, 2.24) is 14.3 Å². The largest absolute Gasteiger partial charge is 0.392 e. The van der Waals surface area contributed by atoms with Crippen molar-refractivity contribution < 1.29 is 9.90 Å². The molecule has 0 aliphatic heterocycles. The number of aliphatic hydroxyl groups is 1. The molecule has 5 heteroatoms. The van der Waals surface area contributed by atoms with Gasteiger partial charge in [0.2, 0.25) is 5.91 Å². The number of carbonyl (C=O) groups excluding carboxylic acids is 1. The molecule has 0 saturated heterocycles. The van der Waals surface area contributed by atoms with E-state index in [9.17, 15) is 9.90 Å². The van der Waals surface area contributed by atoms with E-state index in [1.54, 1.807) is 14.0 Å². The summed E-state index contributed by atoms with van der Waals surface area (Å²) >= 11 is 0. The fourth-order valence-electron chi connectivity index (χ4n) is 1.86. The highest BCUT2D eigenvalue weighted by Gasteiger charge is 2.13. The first kappa shape index (κ1) is 12.6. The summed E-state index contributed by atoms with van der Waals surface area (Å²) in [6.45, 7) is 2.00. The fourth-order valence-corrected chi connectivity index (χ4v) is 1.86. The molecule has 1 atom stereocenters. The Kier molecular flexibility index (Phi) is 3.62. The predicted molar refractivity (Wildman–Crippen MR) is 68.2 cm³/mol. The third-order valence-corrected chi connectivity index (χ3v) is 2.71. The van der Waals surface area contributed by atoms with Crippen molar-refractivity contribution in [3.63, 3.8) is 0 Å². The number of fused-ring (bicyclic) bond motifs is 1. The molecule has 0 bridgehead atoms. The quantitative estimate of drug-likeness (QED) is 0.866. The number of likely N-dealkylation sites (N-methyl/N-ethyl adjacent to an activating group) is 1. The Balaban J connectivity index is 2.06. The normalized spacial score (nSPS) is 12.6. The summed E-state index contributed by atoms with van der Waals surface area (Å²) in [5.74, 6) is -0.0423. The smallest absolute Gasteiger partial charge is 0.228 e. The van der Waals surface area contributed by atoms with Gasteiger partial charge in [-0.05, 0) is 19.1 Å². The molecule has 2 heterocycles. The number of carbonyl (C=O) groups is 1. The van der Waals surface area contributed by atoms with E-state index in [4.69, 9.17) is 0 Å². The third kappa shape index (κ3) is 2.87. The van der Waals surface area contributed by atoms with Crippen LogP contribution in [0.25, 0.3) is 5.65 Å². The molecule has 0 aromatic carbocycles. The number of nitrogens with zero attached hydrogens (tertiary/aromatic N) is 3. The van der Waals surface area contributed by atoms with E-state index in [0.717, 1.165) is 11.3 Å². The number of amides is 1. The van der Waals surface area contributed by atoms with Crippen molar-refractivity contribution >= 4 is 11.6 Å². The molecule has 5 nitrogen and oxygen atoms in total. The van der Waals surface area contributed by atoms with Gasteiger partial charge in [0.05, 0.1) is 18.2 Å². The molecule has 0 aliphatic rings. The van der Waals surface area contributed by atoms with Gasteiger partial charge in [0.1, 0.15) is 5.65 Å². The topological polar surface area (TPSA) is 57.8 Å². The maximum atomic E-state index is 11.9. The van der Waals surface area contributed by atoms with Gasteiger partial charge in [-0.2, -0.15) is 0 Å². The van der Waals surface area contributed by atoms with E-state index in [1.807, 2.05) is 35.0 Å². The molecule has 18 heavy (non-hydrogen) atoms. The Labute approximate surface area is 106 Å². The molecule has 2 aromatic heterocycles. The maximum Gasteiger partial charge on any atom is 0.228 e. The van der Waals surface area contributed by atoms with Gasteiger partial charge in [-0.1, -0.05) is 6.07 Å². The Morgan fingerprint density at radius 3 is 3.00 bits per heavy atom. The Bertz CT molecular complexity index is 515. The molecule has 2 aromatic rings. The van der Waals surface area contributed by atoms with Gasteiger partial charge in [0.25, 0.3) is 0 Å². The predicted octanol–water partition coefficient (Wildman–Crippen LogP) is 0.716. The second kappa shape index (κ2) is 5.18. The number of imidazole rings is 1. The van der Waals surface area contributed by atoms with Crippen molar-refractivity contribution in [2.45, 2.75) is 19.4 Å². The van der Waals surface area contributed by atoms with Crippen molar-refractivity contribution in [3.8, 4) is 0 Å². The lowest BCUT2D eigenvalue weighted by atomic mass is 10.3. The summed E-state index contributed by atoms with van der Waals surface area (Å²) in [6, 6.07) is 5.72. The van der Waals surface area contributed by atoms with Gasteiger partial charge in [0.15, 0.2) is 0 Å². The monoisotopic (exact) mass is 247 g/mol. The van der Waals surface area contributed by atoms with E-state index in [2.05, 4.69) is 4.98 Å². The number of pyridine rings is 1. The summed E-state index contributed by atoms with van der Waals surface area (Å²) in [7, 11) is 1.69. The van der Waals surface area contributed by atoms with Crippen LogP contribution in [0.3, 0.4) is 0 Å². The van der Waals surface area contributed by atoms with E-state index >= 15 is 0 Å². The highest BCUT2D eigenvalue weighted by Crippen LogP contribution is 2.06. The Morgan fingerprint density at radius 2 is 2.33 bits per heavy atom. The summed E-state index contributed by atoms with van der Waals surface area (Å²) in [5.41, 5.74) is 1.57. The van der Waals surface area contributed by atoms with Crippen molar-refractivity contribution in [3.05, 3.63) is 36.3 Å². The molecule has 1 amide bonds. The highest BCUT2D eigenvalue weighted by atomic mass is 16.3. The van der Waals surface area contributed by atoms with Crippen LogP contribution in [0.5, 0.6) is 0 Å². The minimum absolute atomic E-state index is 0.0423. The molecule has 1 N–H and O–H groups in total. The van der Waals surface area contributed by atoms with Gasteiger partial charge in [-0.3, -0.25) is 4.79 Å². The lowest BCUT2D eigenvalue weighted by Crippen LogP contribution is -2.34. The molecule has 0 fully saturated rings. The van der Waals surface area contributed by atoms with Gasteiger partial charge >= 0.3 is 0 Å².